The van der Waals surface area contributed by atoms with E-state index in [2.05, 4.69) is 11.4 Å². The van der Waals surface area contributed by atoms with E-state index >= 15 is 0 Å². The van der Waals surface area contributed by atoms with Gasteiger partial charge in [0, 0.05) is 19.7 Å². The Hall–Kier alpha value is -1.57. The van der Waals surface area contributed by atoms with Crippen LogP contribution in [0.15, 0.2) is 24.3 Å². The highest BCUT2D eigenvalue weighted by molar-refractivity contribution is 5.28. The molecule has 0 spiro atoms. The van der Waals surface area contributed by atoms with Crippen LogP contribution in [0.3, 0.4) is 0 Å². The molecule has 0 bridgehead atoms. The lowest BCUT2D eigenvalue weighted by atomic mass is 9.89. The molecule has 0 unspecified atom stereocenters. The first-order chi connectivity index (χ1) is 8.81. The van der Waals surface area contributed by atoms with Gasteiger partial charge in [0.05, 0.1) is 6.10 Å². The van der Waals surface area contributed by atoms with E-state index < -0.39 is 0 Å². The van der Waals surface area contributed by atoms with Crippen LogP contribution in [-0.4, -0.2) is 25.9 Å². The quantitative estimate of drug-likeness (QED) is 0.832. The zero-order valence-electron chi connectivity index (χ0n) is 10.6. The van der Waals surface area contributed by atoms with Crippen LogP contribution in [0.2, 0.25) is 0 Å². The van der Waals surface area contributed by atoms with Crippen molar-refractivity contribution in [2.75, 3.05) is 13.7 Å². The van der Waals surface area contributed by atoms with Gasteiger partial charge in [-0.3, -0.25) is 0 Å². The first-order valence-corrected chi connectivity index (χ1v) is 6.16. The summed E-state index contributed by atoms with van der Waals surface area (Å²) in [4.78, 5) is 0. The van der Waals surface area contributed by atoms with Crippen molar-refractivity contribution < 1.29 is 9.47 Å². The Bertz CT molecular complexity index is 422. The summed E-state index contributed by atoms with van der Waals surface area (Å²) in [7, 11) is 1.76. The van der Waals surface area contributed by atoms with Crippen molar-refractivity contribution in [3.8, 4) is 11.8 Å². The minimum Gasteiger partial charge on any atom is -0.479 e. The predicted molar refractivity (Wildman–Crippen MR) is 68.2 cm³/mol. The van der Waals surface area contributed by atoms with Crippen molar-refractivity contribution in [3.63, 3.8) is 0 Å². The molecular formula is C14H18N2O2. The van der Waals surface area contributed by atoms with Crippen LogP contribution in [0.4, 0.5) is 0 Å². The van der Waals surface area contributed by atoms with Crippen LogP contribution in [0.5, 0.6) is 5.75 Å². The number of nitrogens with one attached hydrogen (secondary N) is 1. The van der Waals surface area contributed by atoms with E-state index in [1.807, 2.05) is 24.3 Å². The molecule has 4 heteroatoms. The number of benzene rings is 1. The summed E-state index contributed by atoms with van der Waals surface area (Å²) in [6.45, 7) is 0.917. The average Bonchev–Trinajstić information content (AvgIpc) is 2.35. The van der Waals surface area contributed by atoms with E-state index in [-0.39, 0.29) is 6.61 Å². The van der Waals surface area contributed by atoms with Crippen molar-refractivity contribution in [1.29, 1.82) is 5.26 Å². The number of ether oxygens (including phenoxy) is 2. The maximum absolute atomic E-state index is 8.46. The van der Waals surface area contributed by atoms with Crippen molar-refractivity contribution in [3.05, 3.63) is 29.8 Å². The molecule has 0 heterocycles. The molecule has 0 amide bonds. The standard InChI is InChI=1S/C14H18N2O2/c1-17-14-8-12(9-14)16-10-11-3-2-4-13(7-11)18-6-5-15/h2-4,7,12,14,16H,6,8-10H2,1H3. The Morgan fingerprint density at radius 2 is 2.28 bits per heavy atom. The third kappa shape index (κ3) is 3.46. The largest absolute Gasteiger partial charge is 0.479 e. The van der Waals surface area contributed by atoms with Crippen molar-refractivity contribution in [2.45, 2.75) is 31.5 Å². The molecule has 1 aromatic carbocycles. The molecule has 0 radical (unpaired) electrons. The van der Waals surface area contributed by atoms with Gasteiger partial charge in [0.1, 0.15) is 11.8 Å². The van der Waals surface area contributed by atoms with Crippen LogP contribution in [0.25, 0.3) is 0 Å². The average molecular weight is 246 g/mol. The normalized spacial score (nSPS) is 22.0. The topological polar surface area (TPSA) is 54.3 Å². The molecule has 1 aliphatic carbocycles. The van der Waals surface area contributed by atoms with Gasteiger partial charge in [0.2, 0.25) is 0 Å². The van der Waals surface area contributed by atoms with Gasteiger partial charge >= 0.3 is 0 Å². The van der Waals surface area contributed by atoms with E-state index in [0.29, 0.717) is 12.1 Å². The fourth-order valence-electron chi connectivity index (χ4n) is 2.05. The minimum absolute atomic E-state index is 0.0923. The minimum atomic E-state index is 0.0923. The second-order valence-corrected chi connectivity index (χ2v) is 4.50. The molecule has 0 atom stereocenters. The fourth-order valence-corrected chi connectivity index (χ4v) is 2.05. The molecule has 0 aliphatic heterocycles. The van der Waals surface area contributed by atoms with Gasteiger partial charge in [0.15, 0.2) is 6.61 Å². The molecule has 1 aromatic rings. The zero-order valence-corrected chi connectivity index (χ0v) is 10.6. The molecule has 1 saturated carbocycles. The van der Waals surface area contributed by atoms with Crippen LogP contribution in [-0.2, 0) is 11.3 Å². The van der Waals surface area contributed by atoms with Gasteiger partial charge in [-0.05, 0) is 30.5 Å². The summed E-state index contributed by atoms with van der Waals surface area (Å²) in [6, 6.07) is 10.4. The van der Waals surface area contributed by atoms with Crippen LogP contribution in [0.1, 0.15) is 18.4 Å². The zero-order chi connectivity index (χ0) is 12.8. The second kappa shape index (κ2) is 6.39. The fraction of sp³-hybridized carbons (Fsp3) is 0.500. The lowest BCUT2D eigenvalue weighted by Crippen LogP contribution is -2.44. The molecule has 96 valence electrons. The molecule has 4 nitrogen and oxygen atoms in total. The number of rotatable bonds is 6. The molecule has 18 heavy (non-hydrogen) atoms. The van der Waals surface area contributed by atoms with E-state index in [1.54, 1.807) is 7.11 Å². The lowest BCUT2D eigenvalue weighted by molar-refractivity contribution is 0.0170. The smallest absolute Gasteiger partial charge is 0.174 e. The van der Waals surface area contributed by atoms with Crippen LogP contribution in [0, 0.1) is 11.3 Å². The highest BCUT2D eigenvalue weighted by Crippen LogP contribution is 2.23. The number of nitrogens with zero attached hydrogens (tertiary/aromatic N) is 1. The lowest BCUT2D eigenvalue weighted by Gasteiger charge is -2.34. The third-order valence-corrected chi connectivity index (χ3v) is 3.22. The molecule has 1 aliphatic rings. The Kier molecular flexibility index (Phi) is 4.57. The summed E-state index contributed by atoms with van der Waals surface area (Å²) in [6.07, 6.45) is 2.59. The summed E-state index contributed by atoms with van der Waals surface area (Å²) in [5, 5.41) is 11.9. The van der Waals surface area contributed by atoms with E-state index in [1.165, 1.54) is 5.56 Å². The number of nitriles is 1. The van der Waals surface area contributed by atoms with Crippen molar-refractivity contribution in [1.82, 2.24) is 5.32 Å². The molecule has 0 saturated heterocycles. The Labute approximate surface area is 108 Å². The molecule has 1 N–H and O–H groups in total. The summed E-state index contributed by atoms with van der Waals surface area (Å²) in [5.41, 5.74) is 1.17. The summed E-state index contributed by atoms with van der Waals surface area (Å²) in [5.74, 6) is 0.749. The second-order valence-electron chi connectivity index (χ2n) is 4.50. The Morgan fingerprint density at radius 3 is 3.00 bits per heavy atom. The molecule has 2 rings (SSSR count). The van der Waals surface area contributed by atoms with Gasteiger partial charge in [-0.25, -0.2) is 0 Å². The van der Waals surface area contributed by atoms with Crippen LogP contribution >= 0.6 is 0 Å². The van der Waals surface area contributed by atoms with Gasteiger partial charge in [0.25, 0.3) is 0 Å². The maximum atomic E-state index is 8.46. The van der Waals surface area contributed by atoms with Gasteiger partial charge < -0.3 is 14.8 Å². The van der Waals surface area contributed by atoms with Gasteiger partial charge in [-0.1, -0.05) is 12.1 Å². The number of hydrogen-bond donors (Lipinski definition) is 1. The monoisotopic (exact) mass is 246 g/mol. The SMILES string of the molecule is COC1CC(NCc2cccc(OCC#N)c2)C1. The van der Waals surface area contributed by atoms with Crippen molar-refractivity contribution in [2.24, 2.45) is 0 Å². The van der Waals surface area contributed by atoms with E-state index in [0.717, 1.165) is 25.1 Å². The highest BCUT2D eigenvalue weighted by Gasteiger charge is 2.28. The summed E-state index contributed by atoms with van der Waals surface area (Å²) < 4.78 is 10.5. The van der Waals surface area contributed by atoms with Crippen molar-refractivity contribution >= 4 is 0 Å². The molecule has 1 fully saturated rings. The van der Waals surface area contributed by atoms with E-state index in [4.69, 9.17) is 14.7 Å². The molecular weight excluding hydrogens is 228 g/mol. The first-order valence-electron chi connectivity index (χ1n) is 6.16. The van der Waals surface area contributed by atoms with Crippen LogP contribution < -0.4 is 10.1 Å². The maximum Gasteiger partial charge on any atom is 0.174 e. The molecule has 0 aromatic heterocycles. The van der Waals surface area contributed by atoms with E-state index in [9.17, 15) is 0 Å². The summed E-state index contributed by atoms with van der Waals surface area (Å²) >= 11 is 0. The Morgan fingerprint density at radius 1 is 1.44 bits per heavy atom. The number of methoxy groups -OCH3 is 1. The first kappa shape index (κ1) is 12.9. The predicted octanol–water partition coefficient (Wildman–Crippen LogP) is 1.86. The number of hydrogen-bond acceptors (Lipinski definition) is 4. The highest BCUT2D eigenvalue weighted by atomic mass is 16.5. The third-order valence-electron chi connectivity index (χ3n) is 3.22. The Balaban J connectivity index is 1.77. The van der Waals surface area contributed by atoms with Gasteiger partial charge in [-0.15, -0.1) is 0 Å². The van der Waals surface area contributed by atoms with Gasteiger partial charge in [-0.2, -0.15) is 5.26 Å².